The van der Waals surface area contributed by atoms with Gasteiger partial charge in [-0.05, 0) is 26.3 Å². The molecule has 1 aromatic heterocycles. The average molecular weight is 281 g/mol. The summed E-state index contributed by atoms with van der Waals surface area (Å²) in [6, 6.07) is 3.66. The van der Waals surface area contributed by atoms with Gasteiger partial charge in [0, 0.05) is 31.3 Å². The number of nitrogens with one attached hydrogen (secondary N) is 1. The number of carbonyl (C=O) groups is 1. The molecule has 0 aliphatic heterocycles. The molecule has 0 radical (unpaired) electrons. The fourth-order valence-electron chi connectivity index (χ4n) is 1.61. The zero-order chi connectivity index (χ0) is 15.2. The van der Waals surface area contributed by atoms with Crippen LogP contribution in [-0.2, 0) is 4.74 Å². The number of amides is 1. The van der Waals surface area contributed by atoms with Gasteiger partial charge in [0.05, 0.1) is 7.11 Å². The van der Waals surface area contributed by atoms with Crippen LogP contribution in [0.4, 0.5) is 4.79 Å². The summed E-state index contributed by atoms with van der Waals surface area (Å²) in [6.45, 7) is 6.27. The number of hydrogen-bond acceptors (Lipinski definition) is 5. The van der Waals surface area contributed by atoms with Crippen molar-refractivity contribution < 1.29 is 14.3 Å². The van der Waals surface area contributed by atoms with E-state index in [1.807, 2.05) is 26.8 Å². The van der Waals surface area contributed by atoms with Crippen LogP contribution in [0.2, 0.25) is 0 Å². The Morgan fingerprint density at radius 1 is 1.45 bits per heavy atom. The molecule has 0 aliphatic rings. The summed E-state index contributed by atoms with van der Waals surface area (Å²) in [7, 11) is 1.56. The van der Waals surface area contributed by atoms with Gasteiger partial charge < -0.3 is 20.5 Å². The maximum atomic E-state index is 11.6. The Labute approximate surface area is 119 Å². The molecule has 1 amide bonds. The quantitative estimate of drug-likeness (QED) is 0.857. The Balaban J connectivity index is 2.56. The lowest BCUT2D eigenvalue weighted by Crippen LogP contribution is -2.36. The first-order valence-electron chi connectivity index (χ1n) is 6.52. The first kappa shape index (κ1) is 16.2. The van der Waals surface area contributed by atoms with E-state index in [0.717, 1.165) is 5.56 Å². The van der Waals surface area contributed by atoms with E-state index in [-0.39, 0.29) is 5.92 Å². The number of nitrogens with two attached hydrogens (primary N) is 1. The van der Waals surface area contributed by atoms with Gasteiger partial charge in [0.2, 0.25) is 5.88 Å². The van der Waals surface area contributed by atoms with E-state index in [1.54, 1.807) is 19.4 Å². The zero-order valence-electron chi connectivity index (χ0n) is 12.5. The summed E-state index contributed by atoms with van der Waals surface area (Å²) in [4.78, 5) is 15.7. The van der Waals surface area contributed by atoms with E-state index in [4.69, 9.17) is 15.2 Å². The van der Waals surface area contributed by atoms with Crippen LogP contribution in [-0.4, -0.2) is 36.9 Å². The monoisotopic (exact) mass is 281 g/mol. The van der Waals surface area contributed by atoms with Gasteiger partial charge >= 0.3 is 6.09 Å². The average Bonchev–Trinajstić information content (AvgIpc) is 2.38. The minimum atomic E-state index is -0.510. The highest BCUT2D eigenvalue weighted by Gasteiger charge is 2.18. The lowest BCUT2D eigenvalue weighted by Gasteiger charge is -2.21. The maximum absolute atomic E-state index is 11.6. The van der Waals surface area contributed by atoms with E-state index in [2.05, 4.69) is 10.3 Å². The van der Waals surface area contributed by atoms with Crippen molar-refractivity contribution in [2.75, 3.05) is 20.2 Å². The topological polar surface area (TPSA) is 86.5 Å². The Bertz CT molecular complexity index is 426. The van der Waals surface area contributed by atoms with Crippen LogP contribution in [0.1, 0.15) is 32.3 Å². The maximum Gasteiger partial charge on any atom is 0.407 e. The fourth-order valence-corrected chi connectivity index (χ4v) is 1.61. The van der Waals surface area contributed by atoms with Gasteiger partial charge in [-0.2, -0.15) is 0 Å². The number of hydrogen-bond donors (Lipinski definition) is 2. The largest absolute Gasteiger partial charge is 0.481 e. The summed E-state index contributed by atoms with van der Waals surface area (Å²) in [6.07, 6.45) is 1.25. The first-order chi connectivity index (χ1) is 9.35. The van der Waals surface area contributed by atoms with Gasteiger partial charge in [0.25, 0.3) is 0 Å². The van der Waals surface area contributed by atoms with E-state index in [9.17, 15) is 4.79 Å². The van der Waals surface area contributed by atoms with Crippen molar-refractivity contribution in [1.29, 1.82) is 0 Å². The third-order valence-electron chi connectivity index (χ3n) is 2.62. The summed E-state index contributed by atoms with van der Waals surface area (Å²) in [5.41, 5.74) is 6.18. The van der Waals surface area contributed by atoms with E-state index < -0.39 is 11.7 Å². The summed E-state index contributed by atoms with van der Waals surface area (Å²) in [5, 5.41) is 2.72. The Kier molecular flexibility index (Phi) is 5.76. The molecule has 0 aliphatic carbocycles. The van der Waals surface area contributed by atoms with Crippen molar-refractivity contribution in [1.82, 2.24) is 10.3 Å². The minimum absolute atomic E-state index is 0.0130. The molecule has 6 nitrogen and oxygen atoms in total. The molecule has 0 saturated heterocycles. The van der Waals surface area contributed by atoms with Gasteiger partial charge in [-0.1, -0.05) is 6.07 Å². The van der Waals surface area contributed by atoms with Gasteiger partial charge in [-0.25, -0.2) is 9.78 Å². The molecule has 0 saturated carbocycles. The van der Waals surface area contributed by atoms with E-state index >= 15 is 0 Å². The molecular weight excluding hydrogens is 258 g/mol. The third-order valence-corrected chi connectivity index (χ3v) is 2.62. The highest BCUT2D eigenvalue weighted by molar-refractivity contribution is 5.67. The summed E-state index contributed by atoms with van der Waals surface area (Å²) in [5.74, 6) is 0.533. The number of methoxy groups -OCH3 is 1. The number of nitrogens with zero attached hydrogens (tertiary/aromatic N) is 1. The van der Waals surface area contributed by atoms with Crippen LogP contribution < -0.4 is 15.8 Å². The molecule has 1 unspecified atom stereocenters. The van der Waals surface area contributed by atoms with Gasteiger partial charge in [0.15, 0.2) is 0 Å². The molecule has 112 valence electrons. The number of pyridine rings is 1. The van der Waals surface area contributed by atoms with Crippen LogP contribution >= 0.6 is 0 Å². The summed E-state index contributed by atoms with van der Waals surface area (Å²) < 4.78 is 10.2. The van der Waals surface area contributed by atoms with Gasteiger partial charge in [-0.15, -0.1) is 0 Å². The number of rotatable bonds is 5. The molecule has 0 bridgehead atoms. The zero-order valence-corrected chi connectivity index (χ0v) is 12.5. The lowest BCUT2D eigenvalue weighted by molar-refractivity contribution is 0.0525. The lowest BCUT2D eigenvalue weighted by atomic mass is 10.0. The molecule has 1 heterocycles. The van der Waals surface area contributed by atoms with Gasteiger partial charge in [-0.3, -0.25) is 0 Å². The standard InChI is InChI=1S/C14H23N3O3/c1-14(2,3)20-13(18)17-9-11(7-15)10-5-6-12(19-4)16-8-10/h5-6,8,11H,7,9,15H2,1-4H3,(H,17,18). The third kappa shape index (κ3) is 5.44. The Hall–Kier alpha value is -1.82. The van der Waals surface area contributed by atoms with Crippen LogP contribution in [0.15, 0.2) is 18.3 Å². The molecule has 1 aromatic rings. The molecule has 0 aromatic carbocycles. The molecule has 1 rings (SSSR count). The predicted octanol–water partition coefficient (Wildman–Crippen LogP) is 1.66. The highest BCUT2D eigenvalue weighted by Crippen LogP contribution is 2.16. The van der Waals surface area contributed by atoms with Crippen LogP contribution in [0.25, 0.3) is 0 Å². The van der Waals surface area contributed by atoms with E-state index in [0.29, 0.717) is 19.0 Å². The molecule has 1 atom stereocenters. The van der Waals surface area contributed by atoms with Gasteiger partial charge in [0.1, 0.15) is 5.60 Å². The summed E-state index contributed by atoms with van der Waals surface area (Å²) >= 11 is 0. The number of aromatic nitrogens is 1. The number of carbonyl (C=O) groups excluding carboxylic acids is 1. The molecule has 0 fully saturated rings. The smallest absolute Gasteiger partial charge is 0.407 e. The number of ether oxygens (including phenoxy) is 2. The normalized spacial score (nSPS) is 12.7. The Morgan fingerprint density at radius 2 is 2.15 bits per heavy atom. The van der Waals surface area contributed by atoms with Crippen LogP contribution in [0.3, 0.4) is 0 Å². The van der Waals surface area contributed by atoms with Crippen molar-refractivity contribution in [3.63, 3.8) is 0 Å². The molecule has 0 spiro atoms. The van der Waals surface area contributed by atoms with Crippen LogP contribution in [0.5, 0.6) is 5.88 Å². The van der Waals surface area contributed by atoms with Crippen molar-refractivity contribution >= 4 is 6.09 Å². The highest BCUT2D eigenvalue weighted by atomic mass is 16.6. The number of alkyl carbamates (subject to hydrolysis) is 1. The van der Waals surface area contributed by atoms with Crippen molar-refractivity contribution in [3.05, 3.63) is 23.9 Å². The second-order valence-electron chi connectivity index (χ2n) is 5.45. The molecule has 6 heteroatoms. The van der Waals surface area contributed by atoms with Crippen LogP contribution in [0, 0.1) is 0 Å². The first-order valence-corrected chi connectivity index (χ1v) is 6.52. The van der Waals surface area contributed by atoms with Crippen molar-refractivity contribution in [2.24, 2.45) is 5.73 Å². The molecule has 3 N–H and O–H groups in total. The van der Waals surface area contributed by atoms with Crippen molar-refractivity contribution in [2.45, 2.75) is 32.3 Å². The SMILES string of the molecule is COc1ccc(C(CN)CNC(=O)OC(C)(C)C)cn1. The van der Waals surface area contributed by atoms with Crippen molar-refractivity contribution in [3.8, 4) is 5.88 Å². The fraction of sp³-hybridized carbons (Fsp3) is 0.571. The predicted molar refractivity (Wildman–Crippen MR) is 76.8 cm³/mol. The second kappa shape index (κ2) is 7.09. The molecular formula is C14H23N3O3. The second-order valence-corrected chi connectivity index (χ2v) is 5.45. The Morgan fingerprint density at radius 3 is 2.60 bits per heavy atom. The van der Waals surface area contributed by atoms with E-state index in [1.165, 1.54) is 0 Å². The minimum Gasteiger partial charge on any atom is -0.481 e. The molecule has 20 heavy (non-hydrogen) atoms.